The van der Waals surface area contributed by atoms with Crippen LogP contribution in [0.5, 0.6) is 5.75 Å². The van der Waals surface area contributed by atoms with Crippen molar-refractivity contribution >= 4 is 34.7 Å². The van der Waals surface area contributed by atoms with Gasteiger partial charge in [0.2, 0.25) is 5.91 Å². The first-order valence-electron chi connectivity index (χ1n) is 7.85. The molecule has 0 saturated carbocycles. The Labute approximate surface area is 159 Å². The van der Waals surface area contributed by atoms with Crippen molar-refractivity contribution in [1.82, 2.24) is 15.2 Å². The molecule has 0 spiro atoms. The number of rotatable bonds is 6. The fourth-order valence-electron chi connectivity index (χ4n) is 2.20. The van der Waals surface area contributed by atoms with Gasteiger partial charge in [0, 0.05) is 5.69 Å². The van der Waals surface area contributed by atoms with Gasteiger partial charge in [-0.2, -0.15) is 0 Å². The minimum Gasteiger partial charge on any atom is -0.497 e. The number of carbonyl (C=O) groups excluding carboxylic acids is 1. The Hall–Kier alpha value is -2.39. The van der Waals surface area contributed by atoms with Crippen molar-refractivity contribution in [2.24, 2.45) is 0 Å². The largest absolute Gasteiger partial charge is 0.497 e. The Morgan fingerprint density at radius 2 is 2.00 bits per heavy atom. The summed E-state index contributed by atoms with van der Waals surface area (Å²) in [5, 5.41) is 11.8. The zero-order valence-corrected chi connectivity index (χ0v) is 16.4. The minimum absolute atomic E-state index is 0.148. The second-order valence-electron chi connectivity index (χ2n) is 5.50. The summed E-state index contributed by atoms with van der Waals surface area (Å²) < 4.78 is 10.8. The van der Waals surface area contributed by atoms with Crippen molar-refractivity contribution in [2.45, 2.75) is 31.2 Å². The van der Waals surface area contributed by atoms with Crippen LogP contribution in [0, 0.1) is 13.8 Å². The molecule has 0 aliphatic rings. The zero-order chi connectivity index (χ0) is 18.7. The van der Waals surface area contributed by atoms with Crippen LogP contribution >= 0.6 is 23.1 Å². The Morgan fingerprint density at radius 1 is 1.27 bits per heavy atom. The molecule has 1 atom stereocenters. The van der Waals surface area contributed by atoms with Gasteiger partial charge in [-0.05, 0) is 45.0 Å². The highest BCUT2D eigenvalue weighted by Gasteiger charge is 2.20. The van der Waals surface area contributed by atoms with Crippen LogP contribution in [0.25, 0.3) is 10.8 Å². The molecule has 3 aromatic rings. The molecule has 9 heteroatoms. The molecule has 2 heterocycles. The molecule has 1 N–H and O–H groups in total. The third-order valence-corrected chi connectivity index (χ3v) is 5.50. The molecule has 3 rings (SSSR count). The number of benzene rings is 1. The number of anilines is 1. The fourth-order valence-corrected chi connectivity index (χ4v) is 3.73. The van der Waals surface area contributed by atoms with E-state index in [1.165, 1.54) is 23.1 Å². The number of nitrogens with zero attached hydrogens (tertiary/aromatic N) is 3. The van der Waals surface area contributed by atoms with Crippen molar-refractivity contribution in [3.63, 3.8) is 0 Å². The van der Waals surface area contributed by atoms with Gasteiger partial charge in [0.15, 0.2) is 0 Å². The van der Waals surface area contributed by atoms with Gasteiger partial charge in [-0.1, -0.05) is 11.8 Å². The predicted octanol–water partition coefficient (Wildman–Crippen LogP) is 3.94. The van der Waals surface area contributed by atoms with Crippen LogP contribution < -0.4 is 10.1 Å². The summed E-state index contributed by atoms with van der Waals surface area (Å²) in [6.45, 7) is 5.62. The van der Waals surface area contributed by atoms with E-state index in [9.17, 15) is 4.79 Å². The number of thiazole rings is 1. The molecule has 0 saturated heterocycles. The normalized spacial score (nSPS) is 12.0. The quantitative estimate of drug-likeness (QED) is 0.638. The summed E-state index contributed by atoms with van der Waals surface area (Å²) in [4.78, 5) is 17.6. The van der Waals surface area contributed by atoms with E-state index in [0.717, 1.165) is 21.3 Å². The number of thioether (sulfide) groups is 1. The fraction of sp³-hybridized carbons (Fsp3) is 0.294. The van der Waals surface area contributed by atoms with Crippen LogP contribution in [-0.4, -0.2) is 33.4 Å². The molecule has 1 aromatic carbocycles. The predicted molar refractivity (Wildman–Crippen MR) is 102 cm³/mol. The van der Waals surface area contributed by atoms with Gasteiger partial charge in [0.25, 0.3) is 11.1 Å². The van der Waals surface area contributed by atoms with E-state index in [0.29, 0.717) is 16.8 Å². The maximum absolute atomic E-state index is 12.3. The van der Waals surface area contributed by atoms with Gasteiger partial charge < -0.3 is 14.5 Å². The standard InChI is InChI=1S/C17H18N4O3S2/c1-9-14(26-11(3)18-9)16-20-21-17(24-16)25-10(2)15(22)19-12-5-7-13(23-4)8-6-12/h5-8,10H,1-4H3,(H,19,22)/t10-/m0/s1. The number of aromatic nitrogens is 3. The van der Waals surface area contributed by atoms with E-state index in [-0.39, 0.29) is 5.91 Å². The highest BCUT2D eigenvalue weighted by atomic mass is 32.2. The monoisotopic (exact) mass is 390 g/mol. The second kappa shape index (κ2) is 7.88. The van der Waals surface area contributed by atoms with E-state index < -0.39 is 5.25 Å². The molecule has 0 bridgehead atoms. The van der Waals surface area contributed by atoms with Crippen molar-refractivity contribution in [3.8, 4) is 16.5 Å². The average Bonchev–Trinajstić information content (AvgIpc) is 3.21. The van der Waals surface area contributed by atoms with Gasteiger partial charge in [-0.15, -0.1) is 21.5 Å². The highest BCUT2D eigenvalue weighted by molar-refractivity contribution is 8.00. The molecule has 0 unspecified atom stereocenters. The summed E-state index contributed by atoms with van der Waals surface area (Å²) in [5.41, 5.74) is 1.56. The first kappa shape index (κ1) is 18.4. The number of hydrogen-bond acceptors (Lipinski definition) is 8. The number of ether oxygens (including phenoxy) is 1. The van der Waals surface area contributed by atoms with Crippen LogP contribution in [-0.2, 0) is 4.79 Å². The number of methoxy groups -OCH3 is 1. The van der Waals surface area contributed by atoms with E-state index in [1.807, 2.05) is 13.8 Å². The highest BCUT2D eigenvalue weighted by Crippen LogP contribution is 2.31. The molecule has 0 radical (unpaired) electrons. The molecule has 136 valence electrons. The van der Waals surface area contributed by atoms with Crippen LogP contribution in [0.2, 0.25) is 0 Å². The van der Waals surface area contributed by atoms with Crippen molar-refractivity contribution in [3.05, 3.63) is 35.0 Å². The summed E-state index contributed by atoms with van der Waals surface area (Å²) in [6, 6.07) is 7.15. The molecule has 0 aliphatic carbocycles. The number of amides is 1. The lowest BCUT2D eigenvalue weighted by atomic mass is 10.3. The Kier molecular flexibility index (Phi) is 5.58. The van der Waals surface area contributed by atoms with Crippen molar-refractivity contribution < 1.29 is 13.9 Å². The molecule has 0 aliphatic heterocycles. The Balaban J connectivity index is 1.63. The minimum atomic E-state index is -0.394. The topological polar surface area (TPSA) is 90.1 Å². The lowest BCUT2D eigenvalue weighted by Gasteiger charge is -2.10. The van der Waals surface area contributed by atoms with Crippen LogP contribution in [0.3, 0.4) is 0 Å². The lowest BCUT2D eigenvalue weighted by Crippen LogP contribution is -2.22. The third-order valence-electron chi connectivity index (χ3n) is 3.51. The maximum atomic E-state index is 12.3. The van der Waals surface area contributed by atoms with Crippen LogP contribution in [0.4, 0.5) is 5.69 Å². The SMILES string of the molecule is COc1ccc(NC(=O)[C@H](C)Sc2nnc(-c3sc(C)nc3C)o2)cc1. The van der Waals surface area contributed by atoms with Gasteiger partial charge in [0.05, 0.1) is 23.1 Å². The third kappa shape index (κ3) is 4.23. The number of aryl methyl sites for hydroxylation is 2. The molecule has 7 nitrogen and oxygen atoms in total. The van der Waals surface area contributed by atoms with Gasteiger partial charge in [-0.25, -0.2) is 4.98 Å². The first-order chi connectivity index (χ1) is 12.5. The summed E-state index contributed by atoms with van der Waals surface area (Å²) in [7, 11) is 1.60. The zero-order valence-electron chi connectivity index (χ0n) is 14.8. The smallest absolute Gasteiger partial charge is 0.277 e. The van der Waals surface area contributed by atoms with E-state index in [1.54, 1.807) is 38.3 Å². The number of carbonyl (C=O) groups is 1. The first-order valence-corrected chi connectivity index (χ1v) is 9.55. The van der Waals surface area contributed by atoms with Gasteiger partial charge in [-0.3, -0.25) is 4.79 Å². The summed E-state index contributed by atoms with van der Waals surface area (Å²) in [6.07, 6.45) is 0. The molecular formula is C17H18N4O3S2. The van der Waals surface area contributed by atoms with Crippen molar-refractivity contribution in [2.75, 3.05) is 12.4 Å². The van der Waals surface area contributed by atoms with Crippen LogP contribution in [0.1, 0.15) is 17.6 Å². The second-order valence-corrected chi connectivity index (χ2v) is 7.99. The van der Waals surface area contributed by atoms with E-state index in [2.05, 4.69) is 20.5 Å². The molecule has 26 heavy (non-hydrogen) atoms. The summed E-state index contributed by atoms with van der Waals surface area (Å²) >= 11 is 2.72. The summed E-state index contributed by atoms with van der Waals surface area (Å²) in [5.74, 6) is 1.01. The lowest BCUT2D eigenvalue weighted by molar-refractivity contribution is -0.115. The molecule has 2 aromatic heterocycles. The van der Waals surface area contributed by atoms with E-state index >= 15 is 0 Å². The Bertz CT molecular complexity index is 905. The van der Waals surface area contributed by atoms with Crippen LogP contribution in [0.15, 0.2) is 33.9 Å². The molecular weight excluding hydrogens is 372 g/mol. The molecule has 1 amide bonds. The number of hydrogen-bond donors (Lipinski definition) is 1. The Morgan fingerprint density at radius 3 is 2.62 bits per heavy atom. The average molecular weight is 390 g/mol. The van der Waals surface area contributed by atoms with Crippen molar-refractivity contribution in [1.29, 1.82) is 0 Å². The molecule has 0 fully saturated rings. The number of nitrogens with one attached hydrogen (secondary N) is 1. The maximum Gasteiger partial charge on any atom is 0.277 e. The van der Waals surface area contributed by atoms with E-state index in [4.69, 9.17) is 9.15 Å². The van der Waals surface area contributed by atoms with Gasteiger partial charge in [0.1, 0.15) is 10.6 Å². The van der Waals surface area contributed by atoms with Gasteiger partial charge >= 0.3 is 0 Å².